The van der Waals surface area contributed by atoms with Crippen LogP contribution in [0, 0.1) is 0 Å². The average Bonchev–Trinajstić information content (AvgIpc) is 4.06. The molecule has 0 saturated heterocycles. The van der Waals surface area contributed by atoms with Crippen molar-refractivity contribution in [1.29, 1.82) is 0 Å². The number of carbonyl (C=O) groups excluding carboxylic acids is 1. The summed E-state index contributed by atoms with van der Waals surface area (Å²) in [5.74, 6) is 1.89. The lowest BCUT2D eigenvalue weighted by molar-refractivity contribution is -0.138. The van der Waals surface area contributed by atoms with Gasteiger partial charge in [0.15, 0.2) is 0 Å². The lowest BCUT2D eigenvalue weighted by Gasteiger charge is -2.26. The highest BCUT2D eigenvalue weighted by molar-refractivity contribution is 5.68. The van der Waals surface area contributed by atoms with Gasteiger partial charge in [-0.15, -0.1) is 20.4 Å². The van der Waals surface area contributed by atoms with E-state index in [0.717, 1.165) is 89.9 Å². The van der Waals surface area contributed by atoms with Gasteiger partial charge in [0.1, 0.15) is 5.60 Å². The number of benzene rings is 4. The van der Waals surface area contributed by atoms with E-state index in [-0.39, 0.29) is 20.3 Å². The number of nitrogens with zero attached hydrogens (tertiary/aromatic N) is 5. The second kappa shape index (κ2) is 19.6. The predicted molar refractivity (Wildman–Crippen MR) is 236 cm³/mol. The summed E-state index contributed by atoms with van der Waals surface area (Å²) in [5, 5.41) is 20.2. The van der Waals surface area contributed by atoms with Crippen LogP contribution in [0.25, 0.3) is 22.9 Å². The lowest BCUT2D eigenvalue weighted by atomic mass is 9.99. The van der Waals surface area contributed by atoms with E-state index < -0.39 is 40.6 Å². The molecule has 0 bridgehead atoms. The summed E-state index contributed by atoms with van der Waals surface area (Å²) in [5.41, 5.74) is 2.46. The normalized spacial score (nSPS) is 14.8. The number of rotatable bonds is 12. The molecule has 0 unspecified atom stereocenters. The van der Waals surface area contributed by atoms with E-state index in [0.29, 0.717) is 42.9 Å². The molecule has 2 aliphatic rings. The van der Waals surface area contributed by atoms with Crippen LogP contribution in [-0.4, -0.2) is 64.2 Å². The third kappa shape index (κ3) is 12.2. The average molecular weight is 907 g/mol. The number of likely N-dealkylation sites (N-methyl/N-ethyl adjacent to an activating group) is 2. The van der Waals surface area contributed by atoms with Crippen molar-refractivity contribution in [2.75, 3.05) is 27.2 Å². The van der Waals surface area contributed by atoms with Gasteiger partial charge in [-0.1, -0.05) is 75.5 Å². The Balaban J connectivity index is 0.000000242. The molecule has 2 fully saturated rings. The highest BCUT2D eigenvalue weighted by Gasteiger charge is 2.51. The molecule has 8 rings (SSSR count). The largest absolute Gasteiger partial charge is 0.444 e. The zero-order chi connectivity index (χ0) is 45.2. The van der Waals surface area contributed by atoms with Crippen molar-refractivity contribution in [1.82, 2.24) is 30.6 Å². The maximum absolute atomic E-state index is 12.9. The molecule has 1 amide bonds. The minimum Gasteiger partial charge on any atom is -0.444 e. The van der Waals surface area contributed by atoms with E-state index in [1.807, 2.05) is 76.3 Å². The maximum atomic E-state index is 12.9. The first-order chi connectivity index (χ1) is 29.8. The van der Waals surface area contributed by atoms with Crippen molar-refractivity contribution in [2.24, 2.45) is 0 Å². The quantitative estimate of drug-likeness (QED) is 0.120. The SMILES string of the molecule is C.C.CN(CC1(c2nnc(-c3ccccc3Cc3ccc(C(F)(F)F)cc3)o2)CC1)C(=O)OC(C)(C)C.CNCC1(c2nnc(-c3ccccc3Cc3ccc(C(F)(F)F)cc3)o2)CC1. The Morgan fingerprint density at radius 1 is 0.646 bits per heavy atom. The molecule has 4 aromatic carbocycles. The Kier molecular flexibility index (Phi) is 15.1. The van der Waals surface area contributed by atoms with Crippen LogP contribution in [0.2, 0.25) is 0 Å². The van der Waals surface area contributed by atoms with Gasteiger partial charge in [0.05, 0.1) is 22.0 Å². The fourth-order valence-corrected chi connectivity index (χ4v) is 7.33. The summed E-state index contributed by atoms with van der Waals surface area (Å²) in [7, 11) is 3.58. The summed E-state index contributed by atoms with van der Waals surface area (Å²) in [6.07, 6.45) is -4.55. The first-order valence-corrected chi connectivity index (χ1v) is 20.5. The smallest absolute Gasteiger partial charge is 0.416 e. The summed E-state index contributed by atoms with van der Waals surface area (Å²) >= 11 is 0. The molecular formula is C49H56F6N6O4. The fraction of sp³-hybridized carbons (Fsp3) is 0.408. The van der Waals surface area contributed by atoms with Crippen LogP contribution in [-0.2, 0) is 40.8 Å². The molecule has 6 aromatic rings. The molecule has 65 heavy (non-hydrogen) atoms. The molecule has 2 aromatic heterocycles. The Morgan fingerprint density at radius 3 is 1.42 bits per heavy atom. The van der Waals surface area contributed by atoms with Crippen LogP contribution >= 0.6 is 0 Å². The summed E-state index contributed by atoms with van der Waals surface area (Å²) in [6.45, 7) is 6.65. The Labute approximate surface area is 375 Å². The minimum atomic E-state index is -4.37. The first kappa shape index (κ1) is 50.0. The summed E-state index contributed by atoms with van der Waals surface area (Å²) in [6, 6.07) is 25.4. The van der Waals surface area contributed by atoms with Crippen molar-refractivity contribution in [3.05, 3.63) is 142 Å². The van der Waals surface area contributed by atoms with Crippen molar-refractivity contribution >= 4 is 6.09 Å². The molecule has 348 valence electrons. The van der Waals surface area contributed by atoms with E-state index in [9.17, 15) is 31.1 Å². The molecule has 2 aliphatic carbocycles. The molecule has 0 aliphatic heterocycles. The van der Waals surface area contributed by atoms with E-state index >= 15 is 0 Å². The lowest BCUT2D eigenvalue weighted by Crippen LogP contribution is -2.38. The number of nitrogens with one attached hydrogen (secondary N) is 1. The van der Waals surface area contributed by atoms with E-state index in [2.05, 4.69) is 25.7 Å². The number of alkyl halides is 6. The van der Waals surface area contributed by atoms with Crippen molar-refractivity contribution in [3.63, 3.8) is 0 Å². The van der Waals surface area contributed by atoms with Gasteiger partial charge in [-0.05, 0) is 125 Å². The molecule has 2 saturated carbocycles. The van der Waals surface area contributed by atoms with Crippen molar-refractivity contribution < 1.29 is 44.7 Å². The third-order valence-corrected chi connectivity index (χ3v) is 11.1. The molecule has 1 N–H and O–H groups in total. The second-order valence-corrected chi connectivity index (χ2v) is 17.3. The van der Waals surface area contributed by atoms with Gasteiger partial charge in [-0.2, -0.15) is 26.3 Å². The number of ether oxygens (including phenoxy) is 1. The van der Waals surface area contributed by atoms with Gasteiger partial charge in [0, 0.05) is 31.3 Å². The fourth-order valence-electron chi connectivity index (χ4n) is 7.33. The Hall–Kier alpha value is -6.03. The number of aromatic nitrogens is 4. The highest BCUT2D eigenvalue weighted by Crippen LogP contribution is 2.49. The molecule has 0 radical (unpaired) electrons. The van der Waals surface area contributed by atoms with Crippen molar-refractivity contribution in [3.8, 4) is 22.9 Å². The van der Waals surface area contributed by atoms with Crippen LogP contribution in [0.5, 0.6) is 0 Å². The number of carbonyl (C=O) groups is 1. The number of hydrogen-bond acceptors (Lipinski definition) is 9. The Bertz CT molecular complexity index is 2500. The first-order valence-electron chi connectivity index (χ1n) is 20.5. The van der Waals surface area contributed by atoms with Gasteiger partial charge < -0.3 is 23.8 Å². The summed E-state index contributed by atoms with van der Waals surface area (Å²) < 4.78 is 94.4. The van der Waals surface area contributed by atoms with Gasteiger partial charge in [0.25, 0.3) is 0 Å². The molecule has 0 atom stereocenters. The van der Waals surface area contributed by atoms with Gasteiger partial charge in [0.2, 0.25) is 23.6 Å². The number of halogens is 6. The minimum absolute atomic E-state index is 0. The predicted octanol–water partition coefficient (Wildman–Crippen LogP) is 12.1. The molecule has 0 spiro atoms. The van der Waals surface area contributed by atoms with Crippen LogP contribution in [0.4, 0.5) is 31.1 Å². The van der Waals surface area contributed by atoms with Gasteiger partial charge in [-0.3, -0.25) is 0 Å². The molecule has 16 heteroatoms. The standard InChI is InChI=1S/C26H28F3N3O3.C21H20F3N3O.2CH4/c1-24(2,3)35-23(33)32(4)16-25(13-14-25)22-31-30-21(34-22)20-8-6-5-7-18(20)15-17-9-11-19(12-10-17)26(27,28)29;1-25-13-20(10-11-20)19-27-26-18(28-19)17-5-3-2-4-15(17)12-14-6-8-16(9-7-14)21(22,23)24;;/h5-12H,13-16H2,1-4H3;2-9,25H,10-13H2,1H3;2*1H4. The van der Waals surface area contributed by atoms with E-state index in [1.165, 1.54) is 29.2 Å². The monoisotopic (exact) mass is 906 g/mol. The third-order valence-electron chi connectivity index (χ3n) is 11.1. The van der Waals surface area contributed by atoms with Gasteiger partial charge in [-0.25, -0.2) is 4.79 Å². The Morgan fingerprint density at radius 2 is 1.05 bits per heavy atom. The summed E-state index contributed by atoms with van der Waals surface area (Å²) in [4.78, 5) is 13.9. The van der Waals surface area contributed by atoms with Crippen molar-refractivity contribution in [2.45, 2.75) is 103 Å². The maximum Gasteiger partial charge on any atom is 0.416 e. The molecular weight excluding hydrogens is 851 g/mol. The van der Waals surface area contributed by atoms with Crippen LogP contribution < -0.4 is 5.32 Å². The topological polar surface area (TPSA) is 119 Å². The van der Waals surface area contributed by atoms with E-state index in [4.69, 9.17) is 13.6 Å². The zero-order valence-corrected chi connectivity index (χ0v) is 35.5. The zero-order valence-electron chi connectivity index (χ0n) is 35.5. The van der Waals surface area contributed by atoms with Crippen LogP contribution in [0.15, 0.2) is 106 Å². The highest BCUT2D eigenvalue weighted by atomic mass is 19.4. The van der Waals surface area contributed by atoms with Crippen LogP contribution in [0.1, 0.15) is 106 Å². The molecule has 2 heterocycles. The van der Waals surface area contributed by atoms with E-state index in [1.54, 1.807) is 7.05 Å². The van der Waals surface area contributed by atoms with Gasteiger partial charge >= 0.3 is 18.4 Å². The second-order valence-electron chi connectivity index (χ2n) is 17.3. The number of amides is 1. The number of hydrogen-bond donors (Lipinski definition) is 1. The van der Waals surface area contributed by atoms with Crippen LogP contribution in [0.3, 0.4) is 0 Å². The molecule has 10 nitrogen and oxygen atoms in total.